The second-order valence-electron chi connectivity index (χ2n) is 7.02. The highest BCUT2D eigenvalue weighted by atomic mass is 32.2. The van der Waals surface area contributed by atoms with E-state index in [0.29, 0.717) is 4.75 Å². The van der Waals surface area contributed by atoms with Crippen molar-refractivity contribution in [2.75, 3.05) is 31.9 Å². The molecule has 1 saturated carbocycles. The van der Waals surface area contributed by atoms with Gasteiger partial charge in [0.05, 0.1) is 6.20 Å². The molecule has 0 unspecified atom stereocenters. The molecule has 0 aromatic carbocycles. The van der Waals surface area contributed by atoms with Crippen LogP contribution in [0.4, 0.5) is 0 Å². The maximum atomic E-state index is 4.90. The molecule has 24 heavy (non-hydrogen) atoms. The van der Waals surface area contributed by atoms with Gasteiger partial charge in [0.25, 0.3) is 0 Å². The van der Waals surface area contributed by atoms with E-state index >= 15 is 0 Å². The van der Waals surface area contributed by atoms with Crippen LogP contribution in [0.15, 0.2) is 17.4 Å². The third kappa shape index (κ3) is 4.47. The van der Waals surface area contributed by atoms with Crippen molar-refractivity contribution < 1.29 is 0 Å². The summed E-state index contributed by atoms with van der Waals surface area (Å²) in [6.45, 7) is 6.19. The van der Waals surface area contributed by atoms with Crippen LogP contribution in [0.5, 0.6) is 0 Å². The number of rotatable bonds is 4. The normalized spacial score (nSPS) is 21.2. The van der Waals surface area contributed by atoms with E-state index in [4.69, 9.17) is 4.99 Å². The molecule has 1 spiro atoms. The van der Waals surface area contributed by atoms with Crippen molar-refractivity contribution in [1.29, 1.82) is 0 Å². The minimum Gasteiger partial charge on any atom is -0.357 e. The molecule has 1 aliphatic carbocycles. The first-order valence-corrected chi connectivity index (χ1v) is 10.3. The predicted molar refractivity (Wildman–Crippen MR) is 103 cm³/mol. The van der Waals surface area contributed by atoms with Crippen molar-refractivity contribution >= 4 is 17.7 Å². The van der Waals surface area contributed by atoms with Crippen molar-refractivity contribution in [2.45, 2.75) is 50.2 Å². The van der Waals surface area contributed by atoms with Gasteiger partial charge in [-0.25, -0.2) is 0 Å². The number of hydrogen-bond acceptors (Lipinski definition) is 3. The molecule has 1 aromatic rings. The molecule has 134 valence electrons. The van der Waals surface area contributed by atoms with Gasteiger partial charge in [-0.15, -0.1) is 0 Å². The third-order valence-electron chi connectivity index (χ3n) is 5.07. The molecule has 1 aliphatic heterocycles. The van der Waals surface area contributed by atoms with Crippen molar-refractivity contribution in [3.05, 3.63) is 18.0 Å². The van der Waals surface area contributed by atoms with Crippen LogP contribution in [-0.2, 0) is 13.5 Å². The summed E-state index contributed by atoms with van der Waals surface area (Å²) >= 11 is 2.21. The van der Waals surface area contributed by atoms with Gasteiger partial charge >= 0.3 is 0 Å². The molecule has 1 N–H and O–H groups in total. The lowest BCUT2D eigenvalue weighted by Gasteiger charge is -2.45. The fourth-order valence-corrected chi connectivity index (χ4v) is 5.41. The molecule has 1 saturated heterocycles. The number of aliphatic imine (C=N–C) groups is 1. The summed E-state index contributed by atoms with van der Waals surface area (Å²) in [6, 6.07) is 0. The van der Waals surface area contributed by atoms with Crippen molar-refractivity contribution in [3.63, 3.8) is 0 Å². The average Bonchev–Trinajstić information content (AvgIpc) is 3.00. The summed E-state index contributed by atoms with van der Waals surface area (Å²) in [5, 5.41) is 7.75. The number of nitrogens with one attached hydrogen (secondary N) is 1. The van der Waals surface area contributed by atoms with E-state index in [0.717, 1.165) is 38.6 Å². The Kier molecular flexibility index (Phi) is 6.09. The summed E-state index contributed by atoms with van der Waals surface area (Å²) in [4.78, 5) is 7.41. The number of aromatic nitrogens is 2. The molecule has 0 radical (unpaired) electrons. The van der Waals surface area contributed by atoms with Crippen LogP contribution in [0.2, 0.25) is 0 Å². The van der Waals surface area contributed by atoms with Crippen LogP contribution in [0.3, 0.4) is 0 Å². The van der Waals surface area contributed by atoms with E-state index < -0.39 is 0 Å². The summed E-state index contributed by atoms with van der Waals surface area (Å²) in [7, 11) is 1.96. The van der Waals surface area contributed by atoms with E-state index in [-0.39, 0.29) is 0 Å². The Morgan fingerprint density at radius 2 is 2.21 bits per heavy atom. The van der Waals surface area contributed by atoms with Gasteiger partial charge in [-0.2, -0.15) is 16.9 Å². The topological polar surface area (TPSA) is 45.5 Å². The van der Waals surface area contributed by atoms with Gasteiger partial charge < -0.3 is 10.2 Å². The minimum absolute atomic E-state index is 0.482. The second kappa shape index (κ2) is 8.28. The van der Waals surface area contributed by atoms with Gasteiger partial charge in [-0.3, -0.25) is 9.67 Å². The fraction of sp³-hybridized carbons (Fsp3) is 0.778. The maximum absolute atomic E-state index is 4.90. The molecule has 0 atom stereocenters. The molecule has 0 bridgehead atoms. The van der Waals surface area contributed by atoms with E-state index in [2.05, 4.69) is 40.2 Å². The molecule has 2 aliphatic rings. The summed E-state index contributed by atoms with van der Waals surface area (Å²) in [5.41, 5.74) is 1.26. The average molecular weight is 350 g/mol. The highest BCUT2D eigenvalue weighted by molar-refractivity contribution is 8.00. The van der Waals surface area contributed by atoms with E-state index in [1.807, 2.05) is 17.9 Å². The first kappa shape index (κ1) is 17.6. The number of nitrogens with zero attached hydrogens (tertiary/aromatic N) is 4. The van der Waals surface area contributed by atoms with Gasteiger partial charge in [-0.1, -0.05) is 19.3 Å². The van der Waals surface area contributed by atoms with Gasteiger partial charge in [0, 0.05) is 49.9 Å². The molecule has 1 aromatic heterocycles. The standard InChI is InChI=1S/C18H31N5S/c1-3-19-17(20-10-7-16-13-21-22(2)14-16)23-11-12-24-18(15-23)8-5-4-6-9-18/h13-14H,3-12,15H2,1-2H3,(H,19,20). The van der Waals surface area contributed by atoms with Gasteiger partial charge in [0.2, 0.25) is 0 Å². The number of hydrogen-bond donors (Lipinski definition) is 1. The first-order chi connectivity index (χ1) is 11.7. The monoisotopic (exact) mass is 349 g/mol. The van der Waals surface area contributed by atoms with Gasteiger partial charge in [0.15, 0.2) is 5.96 Å². The molecule has 2 fully saturated rings. The first-order valence-electron chi connectivity index (χ1n) is 9.35. The number of aryl methyl sites for hydroxylation is 1. The van der Waals surface area contributed by atoms with Crippen LogP contribution < -0.4 is 5.32 Å². The molecular weight excluding hydrogens is 318 g/mol. The number of guanidine groups is 1. The zero-order valence-electron chi connectivity index (χ0n) is 15.1. The minimum atomic E-state index is 0.482. The summed E-state index contributed by atoms with van der Waals surface area (Å²) in [5.74, 6) is 2.33. The quantitative estimate of drug-likeness (QED) is 0.670. The molecule has 5 nitrogen and oxygen atoms in total. The van der Waals surface area contributed by atoms with Crippen LogP contribution in [0.1, 0.15) is 44.6 Å². The predicted octanol–water partition coefficient (Wildman–Crippen LogP) is 2.68. The van der Waals surface area contributed by atoms with Crippen LogP contribution in [-0.4, -0.2) is 57.3 Å². The molecular formula is C18H31N5S. The molecule has 0 amide bonds. The Morgan fingerprint density at radius 1 is 1.38 bits per heavy atom. The Labute approximate surface area is 150 Å². The lowest BCUT2D eigenvalue weighted by molar-refractivity contribution is 0.293. The third-order valence-corrected chi connectivity index (χ3v) is 6.60. The van der Waals surface area contributed by atoms with Crippen LogP contribution in [0.25, 0.3) is 0 Å². The zero-order chi connectivity index (χ0) is 16.8. The summed E-state index contributed by atoms with van der Waals surface area (Å²) in [6.07, 6.45) is 11.9. The van der Waals surface area contributed by atoms with E-state index in [1.54, 1.807) is 0 Å². The van der Waals surface area contributed by atoms with Gasteiger partial charge in [0.1, 0.15) is 0 Å². The van der Waals surface area contributed by atoms with Crippen LogP contribution >= 0.6 is 11.8 Å². The van der Waals surface area contributed by atoms with E-state index in [1.165, 1.54) is 43.4 Å². The lowest BCUT2D eigenvalue weighted by atomic mass is 9.87. The Bertz CT molecular complexity index is 542. The van der Waals surface area contributed by atoms with Crippen LogP contribution in [0, 0.1) is 0 Å². The van der Waals surface area contributed by atoms with E-state index in [9.17, 15) is 0 Å². The number of thioether (sulfide) groups is 1. The van der Waals surface area contributed by atoms with Crippen molar-refractivity contribution in [1.82, 2.24) is 20.0 Å². The Hall–Kier alpha value is -1.17. The Morgan fingerprint density at radius 3 is 2.92 bits per heavy atom. The fourth-order valence-electron chi connectivity index (χ4n) is 3.84. The van der Waals surface area contributed by atoms with Gasteiger partial charge in [-0.05, 0) is 31.7 Å². The second-order valence-corrected chi connectivity index (χ2v) is 8.58. The molecule has 6 heteroatoms. The maximum Gasteiger partial charge on any atom is 0.193 e. The van der Waals surface area contributed by atoms with Crippen molar-refractivity contribution in [2.24, 2.45) is 12.0 Å². The lowest BCUT2D eigenvalue weighted by Crippen LogP contribution is -2.53. The largest absolute Gasteiger partial charge is 0.357 e. The smallest absolute Gasteiger partial charge is 0.193 e. The van der Waals surface area contributed by atoms with Crippen molar-refractivity contribution in [3.8, 4) is 0 Å². The zero-order valence-corrected chi connectivity index (χ0v) is 15.9. The molecule has 2 heterocycles. The summed E-state index contributed by atoms with van der Waals surface area (Å²) < 4.78 is 2.34. The molecule has 3 rings (SSSR count). The highest BCUT2D eigenvalue weighted by Gasteiger charge is 2.38. The Balaban J connectivity index is 1.61. The highest BCUT2D eigenvalue weighted by Crippen LogP contribution is 2.42. The SMILES string of the molecule is CCNC(=NCCc1cnn(C)c1)N1CCSC2(CCCCC2)C1.